The van der Waals surface area contributed by atoms with E-state index in [2.05, 4.69) is 55.4 Å². The van der Waals surface area contributed by atoms with Crippen LogP contribution >= 0.6 is 31.3 Å². The third kappa shape index (κ3) is 10.9. The topological polar surface area (TPSA) is 541 Å². The highest BCUT2D eigenvalue weighted by atomic mass is 31.3. The number of nitrogens with zero attached hydrogens (tertiary/aromatic N) is 10. The third-order valence-corrected chi connectivity index (χ3v) is 16.9. The number of hydrogen-bond acceptors (Lipinski definition) is 29. The molecule has 3 saturated heterocycles. The summed E-state index contributed by atoms with van der Waals surface area (Å²) in [7, 11) is -20.8. The molecule has 0 aliphatic carbocycles. The van der Waals surface area contributed by atoms with Crippen LogP contribution < -0.4 is 32.6 Å². The molecule has 16 N–H and O–H groups in total. The SMILES string of the molecule is C=C1NC(N)=Nc2c1ncn2[C@@H]1OC(COP(=O)(O)O[C@@H]2C(COP(=O)(O)OP(=O)(O)OP(=O)(O)OC[C@H]3OC(n4c[n+](C)c5c(=O)[nH]c(N)nc54)[C@H](O)[C@@H]3O)O[C@@H](n3cnc4c(N)ncnc43)[C@@H]2OC)[C@@H](O)[C@H]1O. The number of methoxy groups -OCH3 is 1. The second kappa shape index (κ2) is 20.4. The Morgan fingerprint density at radius 1 is 0.733 bits per heavy atom. The monoisotopic (exact) mass is 1140 g/mol. The lowest BCUT2D eigenvalue weighted by molar-refractivity contribution is -0.646. The fourth-order valence-corrected chi connectivity index (χ4v) is 12.9. The second-order valence-electron chi connectivity index (χ2n) is 16.6. The third-order valence-electron chi connectivity index (χ3n) is 11.7. The summed E-state index contributed by atoms with van der Waals surface area (Å²) in [5, 5.41) is 46.0. The first-order valence-corrected chi connectivity index (χ1v) is 27.3. The zero-order chi connectivity index (χ0) is 54.3. The Labute approximate surface area is 417 Å². The Morgan fingerprint density at radius 2 is 1.31 bits per heavy atom. The number of ether oxygens (including phenoxy) is 4. The molecule has 0 radical (unpaired) electrons. The maximum atomic E-state index is 13.7. The van der Waals surface area contributed by atoms with Crippen LogP contribution in [0.2, 0.25) is 0 Å². The van der Waals surface area contributed by atoms with E-state index in [4.69, 9.17) is 54.2 Å². The first-order valence-electron chi connectivity index (χ1n) is 21.3. The number of imidazole rings is 3. The number of aromatic amines is 1. The van der Waals surface area contributed by atoms with Crippen molar-refractivity contribution in [1.29, 1.82) is 0 Å². The fourth-order valence-electron chi connectivity index (χ4n) is 8.38. The van der Waals surface area contributed by atoms with Gasteiger partial charge in [0.05, 0.1) is 45.2 Å². The molecule has 0 aromatic carbocycles. The number of hydrogen-bond donors (Lipinski definition) is 13. The van der Waals surface area contributed by atoms with E-state index in [1.807, 2.05) is 0 Å². The van der Waals surface area contributed by atoms with Gasteiger partial charge < -0.3 is 81.5 Å². The minimum absolute atomic E-state index is 0.0194. The number of nitrogens with one attached hydrogen (secondary N) is 2. The van der Waals surface area contributed by atoms with E-state index in [-0.39, 0.29) is 57.3 Å². The number of aliphatic hydroxyl groups excluding tert-OH is 4. The molecule has 0 saturated carbocycles. The maximum absolute atomic E-state index is 13.7. The van der Waals surface area contributed by atoms with Crippen LogP contribution in [-0.4, -0.2) is 171 Å². The van der Waals surface area contributed by atoms with Crippen LogP contribution in [0.1, 0.15) is 24.4 Å². The van der Waals surface area contributed by atoms with Crippen molar-refractivity contribution >= 4 is 82.9 Å². The molecule has 42 heteroatoms. The Hall–Kier alpha value is -5.08. The van der Waals surface area contributed by atoms with E-state index >= 15 is 0 Å². The van der Waals surface area contributed by atoms with E-state index < -0.39 is 130 Å². The van der Waals surface area contributed by atoms with Gasteiger partial charge in [0, 0.05) is 7.11 Å². The summed E-state index contributed by atoms with van der Waals surface area (Å²) in [5.74, 6) is -0.351. The Kier molecular flexibility index (Phi) is 14.9. The van der Waals surface area contributed by atoms with E-state index in [0.29, 0.717) is 0 Å². The molecule has 9 rings (SSSR count). The van der Waals surface area contributed by atoms with Gasteiger partial charge in [-0.2, -0.15) is 23.2 Å². The quantitative estimate of drug-likeness (QED) is 0.0277. The maximum Gasteiger partial charge on any atom is 0.490 e. The van der Waals surface area contributed by atoms with Crippen molar-refractivity contribution in [2.75, 3.05) is 38.4 Å². The number of aliphatic imine (C=N–C) groups is 1. The number of fused-ring (bicyclic) bond motifs is 3. The average Bonchev–Trinajstić information content (AvgIpc) is 4.17. The molecule has 9 heterocycles. The highest BCUT2D eigenvalue weighted by molar-refractivity contribution is 7.66. The fraction of sp³-hybridized carbons (Fsp3) is 0.515. The number of rotatable bonds is 19. The number of nitrogen functional groups attached to an aromatic ring is 2. The van der Waals surface area contributed by atoms with Crippen LogP contribution in [0.5, 0.6) is 0 Å². The lowest BCUT2D eigenvalue weighted by Gasteiger charge is -2.26. The molecule has 410 valence electrons. The van der Waals surface area contributed by atoms with E-state index in [1.165, 1.54) is 33.4 Å². The summed E-state index contributed by atoms with van der Waals surface area (Å²) >= 11 is 0. The smallest absolute Gasteiger partial charge is 0.387 e. The largest absolute Gasteiger partial charge is 0.490 e. The first kappa shape index (κ1) is 54.7. The van der Waals surface area contributed by atoms with Gasteiger partial charge in [-0.15, -0.1) is 0 Å². The lowest BCUT2D eigenvalue weighted by atomic mass is 10.1. The van der Waals surface area contributed by atoms with Gasteiger partial charge in [0.25, 0.3) is 11.2 Å². The van der Waals surface area contributed by atoms with Gasteiger partial charge in [-0.1, -0.05) is 6.58 Å². The molecule has 38 nitrogen and oxygen atoms in total. The van der Waals surface area contributed by atoms with Crippen molar-refractivity contribution < 1.29 is 108 Å². The minimum atomic E-state index is -6.19. The van der Waals surface area contributed by atoms with E-state index in [0.717, 1.165) is 24.3 Å². The summed E-state index contributed by atoms with van der Waals surface area (Å²) in [6.07, 6.45) is -15.2. The number of aryl methyl sites for hydroxylation is 1. The van der Waals surface area contributed by atoms with Crippen LogP contribution in [0.3, 0.4) is 0 Å². The first-order chi connectivity index (χ1) is 35.2. The van der Waals surface area contributed by atoms with Gasteiger partial charge in [0.1, 0.15) is 72.5 Å². The van der Waals surface area contributed by atoms with E-state index in [9.17, 15) is 63.1 Å². The van der Waals surface area contributed by atoms with Gasteiger partial charge in [0.15, 0.2) is 35.7 Å². The Morgan fingerprint density at radius 3 is 1.93 bits per heavy atom. The zero-order valence-electron chi connectivity index (χ0n) is 38.3. The van der Waals surface area contributed by atoms with Crippen molar-refractivity contribution in [3.63, 3.8) is 0 Å². The highest BCUT2D eigenvalue weighted by Crippen LogP contribution is 2.68. The van der Waals surface area contributed by atoms with Crippen LogP contribution in [-0.2, 0) is 71.0 Å². The van der Waals surface area contributed by atoms with Crippen LogP contribution in [0.25, 0.3) is 28.0 Å². The Balaban J connectivity index is 0.859. The number of aliphatic hydroxyl groups is 4. The van der Waals surface area contributed by atoms with Crippen molar-refractivity contribution in [3.05, 3.63) is 47.9 Å². The molecule has 3 fully saturated rings. The number of H-pyrrole nitrogens is 1. The van der Waals surface area contributed by atoms with E-state index in [1.54, 1.807) is 0 Å². The van der Waals surface area contributed by atoms with Gasteiger partial charge in [-0.05, 0) is 0 Å². The summed E-state index contributed by atoms with van der Waals surface area (Å²) in [4.78, 5) is 81.6. The molecule has 5 aromatic heterocycles. The molecular formula is C33H46N15O23P4+. The summed E-state index contributed by atoms with van der Waals surface area (Å²) < 4.78 is 109. The molecule has 0 bridgehead atoms. The number of phosphoric acid groups is 4. The number of nitrogens with two attached hydrogens (primary N) is 3. The predicted molar refractivity (Wildman–Crippen MR) is 242 cm³/mol. The molecule has 0 spiro atoms. The van der Waals surface area contributed by atoms with Gasteiger partial charge >= 0.3 is 36.9 Å². The molecule has 16 atom stereocenters. The molecule has 4 aliphatic heterocycles. The highest BCUT2D eigenvalue weighted by Gasteiger charge is 2.54. The van der Waals surface area contributed by atoms with Crippen molar-refractivity contribution in [3.8, 4) is 0 Å². The van der Waals surface area contributed by atoms with Crippen LogP contribution in [0.15, 0.2) is 41.7 Å². The lowest BCUT2D eigenvalue weighted by Crippen LogP contribution is -2.38. The molecule has 7 unspecified atom stereocenters. The number of guanidine groups is 1. The Bertz CT molecular complexity index is 3320. The molecular weight excluding hydrogens is 1100 g/mol. The summed E-state index contributed by atoms with van der Waals surface area (Å²) in [6, 6.07) is 0. The van der Waals surface area contributed by atoms with Gasteiger partial charge in [-0.3, -0.25) is 37.0 Å². The summed E-state index contributed by atoms with van der Waals surface area (Å²) in [5.41, 5.74) is 17.2. The molecule has 5 aromatic rings. The van der Waals surface area contributed by atoms with Gasteiger partial charge in [-0.25, -0.2) is 42.8 Å². The van der Waals surface area contributed by atoms with Crippen LogP contribution in [0.4, 0.5) is 17.6 Å². The standard InChI is InChI=1S/C33H45N15O23P4/c1-11-15-26(42-32(35)41-11)47(8-39-15)29-20(51)18(49)12(66-29)4-63-72(54,55)69-22-14(68-31(23(22)62-3)46-9-40-16-24(34)37-7-38-25(16)46)6-65-74(58,59)71-75(60,61)70-73(56,57)64-5-13-19(50)21(52)30(67-13)48-10-45(2)17-27(48)43-33(36)44-28(17)53/h7-10,12-14,18-23,29-31,49-52H,1,4-6H2,2-3H3,(H11-,34,35,36,37,38,41,42,43,44,53,54,55,56,57,58,59,60,61)/p+1/t12?,13-,14?,18-,19-,20-,21-,22-,23-,29-,30?,31-/m1/s1. The van der Waals surface area contributed by atoms with Crippen molar-refractivity contribution in [2.45, 2.75) is 73.6 Å². The van der Waals surface area contributed by atoms with Crippen LogP contribution in [0, 0.1) is 0 Å². The zero-order valence-corrected chi connectivity index (χ0v) is 41.8. The number of anilines is 2. The van der Waals surface area contributed by atoms with Crippen molar-refractivity contribution in [2.24, 2.45) is 17.8 Å². The minimum Gasteiger partial charge on any atom is -0.387 e. The molecule has 4 aliphatic rings. The number of phosphoric ester groups is 3. The molecule has 75 heavy (non-hydrogen) atoms. The average molecular weight is 1140 g/mol. The summed E-state index contributed by atoms with van der Waals surface area (Å²) in [6.45, 7) is 0.464. The molecule has 0 amide bonds. The normalized spacial score (nSPS) is 31.2. The van der Waals surface area contributed by atoms with Crippen molar-refractivity contribution in [1.82, 2.24) is 48.9 Å². The van der Waals surface area contributed by atoms with Gasteiger partial charge in [0.2, 0.25) is 18.5 Å². The number of aromatic nitrogens is 10. The second-order valence-corrected chi connectivity index (χ2v) is 22.7. The predicted octanol–water partition coefficient (Wildman–Crippen LogP) is -4.01.